The standard InChI is InChI=1S/C21H19N5O2S2/c1-27-16-9-8-14(10-17(16)28-2)24-21(29)26-25-20-19-15(22-12-23-20)11-18(30-19)13-6-4-3-5-7-13/h3-12H,1-2H3,(H,22,23,25)(H2,24,26,29). The number of hydrogen-bond acceptors (Lipinski definition) is 7. The summed E-state index contributed by atoms with van der Waals surface area (Å²) in [6.07, 6.45) is 1.53. The summed E-state index contributed by atoms with van der Waals surface area (Å²) in [5, 5.41) is 3.48. The van der Waals surface area contributed by atoms with Gasteiger partial charge in [-0.05, 0) is 36.0 Å². The lowest BCUT2D eigenvalue weighted by Crippen LogP contribution is -2.33. The van der Waals surface area contributed by atoms with Gasteiger partial charge in [0.1, 0.15) is 6.33 Å². The third-order valence-electron chi connectivity index (χ3n) is 4.31. The largest absolute Gasteiger partial charge is 0.493 e. The predicted octanol–water partition coefficient (Wildman–Crippen LogP) is 4.69. The lowest BCUT2D eigenvalue weighted by Gasteiger charge is -2.14. The first-order valence-electron chi connectivity index (χ1n) is 9.03. The van der Waals surface area contributed by atoms with E-state index in [1.54, 1.807) is 31.6 Å². The normalized spacial score (nSPS) is 10.5. The molecule has 2 heterocycles. The van der Waals surface area contributed by atoms with Crippen LogP contribution in [0, 0.1) is 0 Å². The fourth-order valence-corrected chi connectivity index (χ4v) is 4.11. The maximum atomic E-state index is 5.38. The van der Waals surface area contributed by atoms with Crippen molar-refractivity contribution in [1.29, 1.82) is 0 Å². The second-order valence-corrected chi connectivity index (χ2v) is 7.65. The first kappa shape index (κ1) is 19.9. The SMILES string of the molecule is COc1ccc(NC(=S)NNc2ncnc3cc(-c4ccccc4)sc23)cc1OC. The summed E-state index contributed by atoms with van der Waals surface area (Å²) in [5.74, 6) is 1.92. The van der Waals surface area contributed by atoms with Crippen molar-refractivity contribution in [3.05, 3.63) is 60.9 Å². The van der Waals surface area contributed by atoms with Crippen molar-refractivity contribution in [3.8, 4) is 21.9 Å². The van der Waals surface area contributed by atoms with Gasteiger partial charge in [0.25, 0.3) is 0 Å². The van der Waals surface area contributed by atoms with Crippen molar-refractivity contribution in [2.75, 3.05) is 25.0 Å². The summed E-state index contributed by atoms with van der Waals surface area (Å²) in [6.45, 7) is 0. The van der Waals surface area contributed by atoms with Gasteiger partial charge in [-0.25, -0.2) is 9.97 Å². The highest BCUT2D eigenvalue weighted by Crippen LogP contribution is 2.35. The van der Waals surface area contributed by atoms with Crippen molar-refractivity contribution in [2.24, 2.45) is 0 Å². The number of nitrogens with zero attached hydrogens (tertiary/aromatic N) is 2. The third-order valence-corrected chi connectivity index (χ3v) is 5.69. The molecule has 3 N–H and O–H groups in total. The molecule has 152 valence electrons. The van der Waals surface area contributed by atoms with Crippen LogP contribution in [0.25, 0.3) is 20.7 Å². The van der Waals surface area contributed by atoms with Crippen LogP contribution in [0.15, 0.2) is 60.9 Å². The van der Waals surface area contributed by atoms with Crippen LogP contribution in [0.3, 0.4) is 0 Å². The maximum absolute atomic E-state index is 5.38. The lowest BCUT2D eigenvalue weighted by atomic mass is 10.2. The second kappa shape index (κ2) is 8.93. The van der Waals surface area contributed by atoms with Gasteiger partial charge in [-0.1, -0.05) is 30.3 Å². The van der Waals surface area contributed by atoms with Crippen molar-refractivity contribution in [3.63, 3.8) is 0 Å². The molecule has 0 unspecified atom stereocenters. The Bertz CT molecular complexity index is 1180. The number of hydrogen-bond donors (Lipinski definition) is 3. The van der Waals surface area contributed by atoms with Gasteiger partial charge in [-0.15, -0.1) is 11.3 Å². The number of nitrogens with one attached hydrogen (secondary N) is 3. The van der Waals surface area contributed by atoms with Crippen LogP contribution in [-0.4, -0.2) is 29.3 Å². The number of anilines is 2. The molecule has 2 aromatic carbocycles. The lowest BCUT2D eigenvalue weighted by molar-refractivity contribution is 0.355. The molecular formula is C21H19N5O2S2. The molecule has 0 saturated heterocycles. The zero-order valence-electron chi connectivity index (χ0n) is 16.3. The number of benzene rings is 2. The van der Waals surface area contributed by atoms with Crippen LogP contribution in [0.4, 0.5) is 11.5 Å². The Hall–Kier alpha value is -3.43. The summed E-state index contributed by atoms with van der Waals surface area (Å²) in [4.78, 5) is 9.85. The van der Waals surface area contributed by atoms with E-state index in [0.717, 1.165) is 26.3 Å². The molecule has 0 atom stereocenters. The topological polar surface area (TPSA) is 80.3 Å². The molecule has 0 spiro atoms. The van der Waals surface area contributed by atoms with Gasteiger partial charge in [0.05, 0.1) is 24.4 Å². The van der Waals surface area contributed by atoms with E-state index < -0.39 is 0 Å². The van der Waals surface area contributed by atoms with Gasteiger partial charge in [-0.3, -0.25) is 10.9 Å². The van der Waals surface area contributed by atoms with Crippen LogP contribution in [0.5, 0.6) is 11.5 Å². The van der Waals surface area contributed by atoms with Gasteiger partial charge >= 0.3 is 0 Å². The molecule has 0 radical (unpaired) electrons. The highest BCUT2D eigenvalue weighted by Gasteiger charge is 2.11. The van der Waals surface area contributed by atoms with E-state index in [1.807, 2.05) is 30.3 Å². The molecule has 2 aromatic heterocycles. The second-order valence-electron chi connectivity index (χ2n) is 6.19. The minimum atomic E-state index is 0.383. The van der Waals surface area contributed by atoms with E-state index in [-0.39, 0.29) is 0 Å². The smallest absolute Gasteiger partial charge is 0.189 e. The van der Waals surface area contributed by atoms with Gasteiger partial charge in [0.15, 0.2) is 22.4 Å². The predicted molar refractivity (Wildman–Crippen MR) is 125 cm³/mol. The fourth-order valence-electron chi connectivity index (χ4n) is 2.88. The number of thiocarbonyl (C=S) groups is 1. The molecule has 9 heteroatoms. The molecule has 7 nitrogen and oxygen atoms in total. The highest BCUT2D eigenvalue weighted by atomic mass is 32.1. The Morgan fingerprint density at radius 3 is 2.53 bits per heavy atom. The fraction of sp³-hybridized carbons (Fsp3) is 0.0952. The van der Waals surface area contributed by atoms with E-state index in [2.05, 4.69) is 44.3 Å². The van der Waals surface area contributed by atoms with Crippen LogP contribution in [0.1, 0.15) is 0 Å². The summed E-state index contributed by atoms with van der Waals surface area (Å²) in [6, 6.07) is 17.7. The Kier molecular flexibility index (Phi) is 5.92. The van der Waals surface area contributed by atoms with Crippen LogP contribution < -0.4 is 25.6 Å². The Labute approximate surface area is 183 Å². The molecule has 0 aliphatic carbocycles. The van der Waals surface area contributed by atoms with Crippen LogP contribution in [-0.2, 0) is 0 Å². The molecule has 4 aromatic rings. The molecule has 0 saturated carbocycles. The van der Waals surface area contributed by atoms with Crippen molar-refractivity contribution >= 4 is 50.4 Å². The van der Waals surface area contributed by atoms with E-state index in [1.165, 1.54) is 6.33 Å². The first-order valence-corrected chi connectivity index (χ1v) is 10.3. The maximum Gasteiger partial charge on any atom is 0.189 e. The number of aromatic nitrogens is 2. The monoisotopic (exact) mass is 437 g/mol. The third kappa shape index (κ3) is 4.27. The zero-order valence-corrected chi connectivity index (χ0v) is 17.9. The van der Waals surface area contributed by atoms with Gasteiger partial charge < -0.3 is 14.8 Å². The molecular weight excluding hydrogens is 418 g/mol. The van der Waals surface area contributed by atoms with Crippen molar-refractivity contribution < 1.29 is 9.47 Å². The quantitative estimate of drug-likeness (QED) is 0.296. The molecule has 0 fully saturated rings. The van der Waals surface area contributed by atoms with E-state index in [4.69, 9.17) is 21.7 Å². The molecule has 0 aliphatic heterocycles. The number of hydrazine groups is 1. The Morgan fingerprint density at radius 1 is 0.967 bits per heavy atom. The number of ether oxygens (including phenoxy) is 2. The van der Waals surface area contributed by atoms with Gasteiger partial charge in [0.2, 0.25) is 0 Å². The van der Waals surface area contributed by atoms with Gasteiger partial charge in [-0.2, -0.15) is 0 Å². The van der Waals surface area contributed by atoms with E-state index in [9.17, 15) is 0 Å². The summed E-state index contributed by atoms with van der Waals surface area (Å²) in [5.41, 5.74) is 8.82. The van der Waals surface area contributed by atoms with Crippen molar-refractivity contribution in [2.45, 2.75) is 0 Å². The first-order chi connectivity index (χ1) is 14.7. The average Bonchev–Trinajstić information content (AvgIpc) is 3.23. The van der Waals surface area contributed by atoms with Crippen LogP contribution >= 0.6 is 23.6 Å². The van der Waals surface area contributed by atoms with Gasteiger partial charge in [0, 0.05) is 16.6 Å². The van der Waals surface area contributed by atoms with Crippen LogP contribution in [0.2, 0.25) is 0 Å². The highest BCUT2D eigenvalue weighted by molar-refractivity contribution is 7.80. The zero-order chi connectivity index (χ0) is 20.9. The molecule has 4 rings (SSSR count). The Balaban J connectivity index is 1.47. The molecule has 0 amide bonds. The average molecular weight is 438 g/mol. The number of methoxy groups -OCH3 is 2. The minimum absolute atomic E-state index is 0.383. The molecule has 0 bridgehead atoms. The number of fused-ring (bicyclic) bond motifs is 1. The minimum Gasteiger partial charge on any atom is -0.493 e. The summed E-state index contributed by atoms with van der Waals surface area (Å²) < 4.78 is 11.5. The number of thiophene rings is 1. The summed E-state index contributed by atoms with van der Waals surface area (Å²) >= 11 is 7.00. The van der Waals surface area contributed by atoms with E-state index in [0.29, 0.717) is 22.4 Å². The van der Waals surface area contributed by atoms with Crippen molar-refractivity contribution in [1.82, 2.24) is 15.4 Å². The van der Waals surface area contributed by atoms with E-state index >= 15 is 0 Å². The molecule has 30 heavy (non-hydrogen) atoms. The Morgan fingerprint density at radius 2 is 1.77 bits per heavy atom. The number of rotatable bonds is 6. The summed E-state index contributed by atoms with van der Waals surface area (Å²) in [7, 11) is 3.18. The molecule has 0 aliphatic rings.